The summed E-state index contributed by atoms with van der Waals surface area (Å²) in [6.07, 6.45) is 3.77. The number of nitro groups is 1. The van der Waals surface area contributed by atoms with Gasteiger partial charge in [0.1, 0.15) is 5.75 Å². The van der Waals surface area contributed by atoms with Crippen LogP contribution < -0.4 is 15.4 Å². The molecule has 3 aromatic rings. The molecule has 35 heavy (non-hydrogen) atoms. The van der Waals surface area contributed by atoms with Gasteiger partial charge in [0.15, 0.2) is 0 Å². The lowest BCUT2D eigenvalue weighted by atomic mass is 9.68. The van der Waals surface area contributed by atoms with Gasteiger partial charge in [0.25, 0.3) is 11.6 Å². The molecule has 2 aliphatic carbocycles. The second kappa shape index (κ2) is 8.41. The molecule has 0 spiro atoms. The van der Waals surface area contributed by atoms with Crippen molar-refractivity contribution in [1.82, 2.24) is 0 Å². The molecule has 1 amide bonds. The lowest BCUT2D eigenvalue weighted by Gasteiger charge is -2.43. The van der Waals surface area contributed by atoms with Gasteiger partial charge in [-0.2, -0.15) is 0 Å². The minimum atomic E-state index is -0.488. The zero-order valence-electron chi connectivity index (χ0n) is 19.4. The number of hydrogen-bond acceptors (Lipinski definition) is 5. The first-order valence-electron chi connectivity index (χ1n) is 12.1. The number of carbonyl (C=O) groups is 1. The number of fused-ring (bicyclic) bond motifs is 7. The van der Waals surface area contributed by atoms with Gasteiger partial charge in [0.2, 0.25) is 0 Å². The van der Waals surface area contributed by atoms with Crippen LogP contribution in [-0.4, -0.2) is 17.9 Å². The Bertz CT molecular complexity index is 1310. The van der Waals surface area contributed by atoms with Crippen LogP contribution in [0.5, 0.6) is 5.75 Å². The predicted molar refractivity (Wildman–Crippen MR) is 134 cm³/mol. The van der Waals surface area contributed by atoms with Gasteiger partial charge in [-0.15, -0.1) is 0 Å². The van der Waals surface area contributed by atoms with E-state index in [2.05, 4.69) is 41.0 Å². The molecular formula is C28H27N3O4. The Balaban J connectivity index is 1.33. The highest BCUT2D eigenvalue weighted by atomic mass is 16.6. The quantitative estimate of drug-likeness (QED) is 0.345. The average molecular weight is 470 g/mol. The maximum atomic E-state index is 13.2. The summed E-state index contributed by atoms with van der Waals surface area (Å²) in [6.45, 7) is 0. The Morgan fingerprint density at radius 3 is 2.63 bits per heavy atom. The normalized spacial score (nSPS) is 25.8. The fourth-order valence-corrected chi connectivity index (χ4v) is 6.72. The molecule has 2 saturated carbocycles. The Morgan fingerprint density at radius 2 is 1.86 bits per heavy atom. The molecule has 0 unspecified atom stereocenters. The SMILES string of the molecule is COc1ccc([N+](=O)[O-])cc1NC(=O)c1ccc2c(c1)[C@H]1[C@H]3CC[C@H](C3)[C@H]1[C@H](c1ccccc1)N2. The van der Waals surface area contributed by atoms with Crippen LogP contribution in [-0.2, 0) is 0 Å². The molecule has 5 atom stereocenters. The molecule has 0 radical (unpaired) electrons. The third-order valence-corrected chi connectivity index (χ3v) is 8.15. The van der Waals surface area contributed by atoms with Crippen molar-refractivity contribution in [3.63, 3.8) is 0 Å². The van der Waals surface area contributed by atoms with Gasteiger partial charge in [0.05, 0.1) is 23.8 Å². The number of rotatable bonds is 5. The Hall–Kier alpha value is -3.87. The summed E-state index contributed by atoms with van der Waals surface area (Å²) >= 11 is 0. The van der Waals surface area contributed by atoms with E-state index in [-0.39, 0.29) is 23.3 Å². The summed E-state index contributed by atoms with van der Waals surface area (Å²) in [5.74, 6) is 2.35. The van der Waals surface area contributed by atoms with Crippen LogP contribution in [0.3, 0.4) is 0 Å². The number of amides is 1. The Morgan fingerprint density at radius 1 is 1.06 bits per heavy atom. The molecule has 2 fully saturated rings. The summed E-state index contributed by atoms with van der Waals surface area (Å²) in [5.41, 5.74) is 4.35. The molecule has 0 saturated heterocycles. The maximum absolute atomic E-state index is 13.2. The van der Waals surface area contributed by atoms with Crippen molar-refractivity contribution in [2.45, 2.75) is 31.2 Å². The molecule has 0 aromatic heterocycles. The number of nitro benzene ring substituents is 1. The van der Waals surface area contributed by atoms with Crippen molar-refractivity contribution in [3.05, 3.63) is 93.5 Å². The number of anilines is 2. The summed E-state index contributed by atoms with van der Waals surface area (Å²) in [6, 6.07) is 21.0. The third kappa shape index (κ3) is 3.62. The van der Waals surface area contributed by atoms with Crippen LogP contribution in [0.1, 0.15) is 52.7 Å². The zero-order valence-corrected chi connectivity index (χ0v) is 19.4. The van der Waals surface area contributed by atoms with E-state index in [0.717, 1.165) is 5.69 Å². The first kappa shape index (κ1) is 21.6. The number of nitrogens with zero attached hydrogens (tertiary/aromatic N) is 1. The molecule has 3 aliphatic rings. The van der Waals surface area contributed by atoms with Gasteiger partial charge >= 0.3 is 0 Å². The highest BCUT2D eigenvalue weighted by molar-refractivity contribution is 6.05. The summed E-state index contributed by atoms with van der Waals surface area (Å²) in [4.78, 5) is 24.0. The Kier molecular flexibility index (Phi) is 5.20. The van der Waals surface area contributed by atoms with Gasteiger partial charge < -0.3 is 15.4 Å². The van der Waals surface area contributed by atoms with Crippen molar-refractivity contribution in [2.24, 2.45) is 17.8 Å². The first-order valence-corrected chi connectivity index (χ1v) is 12.1. The van der Waals surface area contributed by atoms with E-state index in [0.29, 0.717) is 35.0 Å². The molecule has 7 nitrogen and oxygen atoms in total. The third-order valence-electron chi connectivity index (χ3n) is 8.15. The molecular weight excluding hydrogens is 442 g/mol. The second-order valence-electron chi connectivity index (χ2n) is 9.87. The van der Waals surface area contributed by atoms with Crippen molar-refractivity contribution >= 4 is 23.0 Å². The van der Waals surface area contributed by atoms with Crippen LogP contribution >= 0.6 is 0 Å². The average Bonchev–Trinajstić information content (AvgIpc) is 3.51. The van der Waals surface area contributed by atoms with E-state index in [4.69, 9.17) is 4.74 Å². The highest BCUT2D eigenvalue weighted by Crippen LogP contribution is 2.63. The van der Waals surface area contributed by atoms with Crippen LogP contribution in [0.25, 0.3) is 0 Å². The van der Waals surface area contributed by atoms with Gasteiger partial charge in [0, 0.05) is 23.4 Å². The van der Waals surface area contributed by atoms with Gasteiger partial charge in [-0.3, -0.25) is 14.9 Å². The molecule has 2 N–H and O–H groups in total. The topological polar surface area (TPSA) is 93.5 Å². The smallest absolute Gasteiger partial charge is 0.271 e. The van der Waals surface area contributed by atoms with Crippen LogP contribution in [0, 0.1) is 27.9 Å². The van der Waals surface area contributed by atoms with E-state index in [1.54, 1.807) is 0 Å². The number of carbonyl (C=O) groups excluding carboxylic acids is 1. The molecule has 7 heteroatoms. The molecule has 1 heterocycles. The first-order chi connectivity index (χ1) is 17.0. The number of benzene rings is 3. The minimum absolute atomic E-state index is 0.104. The van der Waals surface area contributed by atoms with Gasteiger partial charge in [-0.25, -0.2) is 0 Å². The number of hydrogen-bond donors (Lipinski definition) is 2. The summed E-state index contributed by atoms with van der Waals surface area (Å²) < 4.78 is 5.30. The number of ether oxygens (including phenoxy) is 1. The van der Waals surface area contributed by atoms with E-state index >= 15 is 0 Å². The highest BCUT2D eigenvalue weighted by Gasteiger charge is 2.53. The Labute approximate surface area is 203 Å². The lowest BCUT2D eigenvalue weighted by Crippen LogP contribution is -2.35. The van der Waals surface area contributed by atoms with Gasteiger partial charge in [-0.05, 0) is 78.3 Å². The van der Waals surface area contributed by atoms with Crippen LogP contribution in [0.2, 0.25) is 0 Å². The van der Waals surface area contributed by atoms with Crippen molar-refractivity contribution in [1.29, 1.82) is 0 Å². The van der Waals surface area contributed by atoms with E-state index in [9.17, 15) is 14.9 Å². The van der Waals surface area contributed by atoms with E-state index in [1.165, 1.54) is 55.7 Å². The zero-order chi connectivity index (χ0) is 24.1. The number of non-ortho nitro benzene ring substituents is 1. The molecule has 2 bridgehead atoms. The molecule has 1 aliphatic heterocycles. The van der Waals surface area contributed by atoms with E-state index < -0.39 is 4.92 Å². The van der Waals surface area contributed by atoms with Gasteiger partial charge in [-0.1, -0.05) is 30.3 Å². The fraction of sp³-hybridized carbons (Fsp3) is 0.321. The second-order valence-corrected chi connectivity index (χ2v) is 9.87. The number of nitrogens with one attached hydrogen (secondary N) is 2. The molecule has 178 valence electrons. The molecule has 6 rings (SSSR count). The van der Waals surface area contributed by atoms with Crippen LogP contribution in [0.4, 0.5) is 17.1 Å². The largest absolute Gasteiger partial charge is 0.495 e. The fourth-order valence-electron chi connectivity index (χ4n) is 6.72. The van der Waals surface area contributed by atoms with Crippen molar-refractivity contribution < 1.29 is 14.5 Å². The number of methoxy groups -OCH3 is 1. The predicted octanol–water partition coefficient (Wildman–Crippen LogP) is 6.15. The maximum Gasteiger partial charge on any atom is 0.271 e. The molecule has 3 aromatic carbocycles. The lowest BCUT2D eigenvalue weighted by molar-refractivity contribution is -0.384. The van der Waals surface area contributed by atoms with Crippen molar-refractivity contribution in [3.8, 4) is 5.75 Å². The monoisotopic (exact) mass is 469 g/mol. The summed E-state index contributed by atoms with van der Waals surface area (Å²) in [5, 5.41) is 17.8. The minimum Gasteiger partial charge on any atom is -0.495 e. The van der Waals surface area contributed by atoms with E-state index in [1.807, 2.05) is 18.2 Å². The standard InChI is InChI=1S/C28H27N3O4/c1-35-24-12-10-20(31(33)34)15-23(24)30-28(32)19-9-11-22-21(14-19)25-17-7-8-18(13-17)26(25)27(29-22)16-5-3-2-4-6-16/h2-6,9-12,14-15,17-18,25-27,29H,7-8,13H2,1H3,(H,30,32)/t17-,18+,25+,26+,27-/m0/s1. The summed E-state index contributed by atoms with van der Waals surface area (Å²) in [7, 11) is 1.47. The van der Waals surface area contributed by atoms with Crippen LogP contribution in [0.15, 0.2) is 66.7 Å². The van der Waals surface area contributed by atoms with Crippen molar-refractivity contribution in [2.75, 3.05) is 17.7 Å².